The molecule has 122 valence electrons. The van der Waals surface area contributed by atoms with E-state index in [1.165, 1.54) is 37.7 Å². The van der Waals surface area contributed by atoms with Crippen molar-refractivity contribution in [3.05, 3.63) is 51.7 Å². The number of nitrogens with zero attached hydrogens (tertiary/aromatic N) is 1. The van der Waals surface area contributed by atoms with Crippen molar-refractivity contribution in [1.82, 2.24) is 0 Å². The van der Waals surface area contributed by atoms with E-state index in [-0.39, 0.29) is 11.3 Å². The fraction of sp³-hybridized carbons (Fsp3) is 0.118. The molecule has 0 aliphatic carbocycles. The number of esters is 2. The van der Waals surface area contributed by atoms with E-state index in [2.05, 4.69) is 4.74 Å². The van der Waals surface area contributed by atoms with Crippen LogP contribution in [0, 0.1) is 11.3 Å². The average molecular weight is 343 g/mol. The summed E-state index contributed by atoms with van der Waals surface area (Å²) in [5.41, 5.74) is 0.382. The van der Waals surface area contributed by atoms with Crippen LogP contribution >= 0.6 is 11.3 Å². The highest BCUT2D eigenvalue weighted by atomic mass is 32.1. The van der Waals surface area contributed by atoms with Crippen molar-refractivity contribution >= 4 is 29.4 Å². The number of rotatable bonds is 5. The van der Waals surface area contributed by atoms with Gasteiger partial charge in [-0.2, -0.15) is 5.26 Å². The van der Waals surface area contributed by atoms with Gasteiger partial charge in [-0.15, -0.1) is 11.3 Å². The Hall–Kier alpha value is -3.11. The zero-order valence-corrected chi connectivity index (χ0v) is 13.8. The maximum atomic E-state index is 12.0. The van der Waals surface area contributed by atoms with Crippen molar-refractivity contribution in [2.45, 2.75) is 0 Å². The summed E-state index contributed by atoms with van der Waals surface area (Å²) in [6, 6.07) is 9.86. The minimum atomic E-state index is -0.732. The molecule has 0 aliphatic rings. The lowest BCUT2D eigenvalue weighted by atomic mass is 10.1. The summed E-state index contributed by atoms with van der Waals surface area (Å²) in [5.74, 6) is -0.677. The smallest absolute Gasteiger partial charge is 0.353 e. The molecule has 0 spiro atoms. The molecule has 0 saturated carbocycles. The van der Waals surface area contributed by atoms with Crippen LogP contribution in [0.5, 0.6) is 11.5 Å². The predicted octanol–water partition coefficient (Wildman–Crippen LogP) is 3.06. The maximum Gasteiger partial charge on any atom is 0.353 e. The topological polar surface area (TPSA) is 85.6 Å². The highest BCUT2D eigenvalue weighted by Crippen LogP contribution is 2.30. The SMILES string of the molecule is COC(=O)/C(C#N)=C\c1ccc(OC(=O)c2cccs2)c(OC)c1. The molecule has 1 aromatic carbocycles. The summed E-state index contributed by atoms with van der Waals surface area (Å²) in [7, 11) is 2.62. The molecule has 0 bridgehead atoms. The minimum Gasteiger partial charge on any atom is -0.493 e. The van der Waals surface area contributed by atoms with Crippen molar-refractivity contribution in [3.8, 4) is 17.6 Å². The standard InChI is InChI=1S/C17H13NO5S/c1-21-14-9-11(8-12(10-18)16(19)22-2)5-6-13(14)23-17(20)15-4-3-7-24-15/h3-9H,1-2H3/b12-8-. The van der Waals surface area contributed by atoms with Gasteiger partial charge in [-0.1, -0.05) is 12.1 Å². The van der Waals surface area contributed by atoms with Crippen molar-refractivity contribution < 1.29 is 23.8 Å². The number of benzene rings is 1. The molecule has 0 saturated heterocycles. The molecule has 6 nitrogen and oxygen atoms in total. The van der Waals surface area contributed by atoms with Crippen LogP contribution in [0.4, 0.5) is 0 Å². The van der Waals surface area contributed by atoms with Crippen LogP contribution in [0.25, 0.3) is 6.08 Å². The summed E-state index contributed by atoms with van der Waals surface area (Å²) < 4.78 is 15.0. The Morgan fingerprint density at radius 1 is 1.21 bits per heavy atom. The van der Waals surface area contributed by atoms with E-state index in [1.807, 2.05) is 0 Å². The molecule has 0 aliphatic heterocycles. The molecule has 0 radical (unpaired) electrons. The highest BCUT2D eigenvalue weighted by molar-refractivity contribution is 7.12. The average Bonchev–Trinajstić information content (AvgIpc) is 3.14. The van der Waals surface area contributed by atoms with Gasteiger partial charge in [-0.25, -0.2) is 9.59 Å². The third-order valence-electron chi connectivity index (χ3n) is 2.95. The molecule has 2 rings (SSSR count). The summed E-state index contributed by atoms with van der Waals surface area (Å²) >= 11 is 1.27. The van der Waals surface area contributed by atoms with Crippen LogP contribution in [0.2, 0.25) is 0 Å². The third kappa shape index (κ3) is 4.00. The second-order valence-corrected chi connectivity index (χ2v) is 5.39. The van der Waals surface area contributed by atoms with Gasteiger partial charge in [0.1, 0.15) is 16.5 Å². The zero-order chi connectivity index (χ0) is 17.5. The number of hydrogen-bond donors (Lipinski definition) is 0. The third-order valence-corrected chi connectivity index (χ3v) is 3.80. The van der Waals surface area contributed by atoms with Crippen LogP contribution in [0.1, 0.15) is 15.2 Å². The Morgan fingerprint density at radius 3 is 2.58 bits per heavy atom. The first kappa shape index (κ1) is 17.2. The monoisotopic (exact) mass is 343 g/mol. The van der Waals surface area contributed by atoms with Gasteiger partial charge < -0.3 is 14.2 Å². The molecule has 7 heteroatoms. The fourth-order valence-electron chi connectivity index (χ4n) is 1.82. The lowest BCUT2D eigenvalue weighted by Crippen LogP contribution is -2.07. The quantitative estimate of drug-likeness (QED) is 0.359. The van der Waals surface area contributed by atoms with Crippen molar-refractivity contribution in [2.24, 2.45) is 0 Å². The molecule has 0 N–H and O–H groups in total. The van der Waals surface area contributed by atoms with E-state index in [0.717, 1.165) is 0 Å². The van der Waals surface area contributed by atoms with Gasteiger partial charge in [0.15, 0.2) is 11.5 Å². The summed E-state index contributed by atoms with van der Waals surface area (Å²) in [5, 5.41) is 10.8. The Balaban J connectivity index is 2.28. The highest BCUT2D eigenvalue weighted by Gasteiger charge is 2.14. The van der Waals surface area contributed by atoms with E-state index in [9.17, 15) is 9.59 Å². The number of carbonyl (C=O) groups excluding carboxylic acids is 2. The van der Waals surface area contributed by atoms with Gasteiger partial charge in [-0.3, -0.25) is 0 Å². The van der Waals surface area contributed by atoms with Crippen LogP contribution in [-0.2, 0) is 9.53 Å². The number of carbonyl (C=O) groups is 2. The lowest BCUT2D eigenvalue weighted by Gasteiger charge is -2.09. The van der Waals surface area contributed by atoms with Crippen molar-refractivity contribution in [3.63, 3.8) is 0 Å². The molecule has 0 amide bonds. The molecule has 0 atom stereocenters. The lowest BCUT2D eigenvalue weighted by molar-refractivity contribution is -0.135. The van der Waals surface area contributed by atoms with Crippen molar-refractivity contribution in [1.29, 1.82) is 5.26 Å². The fourth-order valence-corrected chi connectivity index (χ4v) is 2.42. The van der Waals surface area contributed by atoms with Gasteiger partial charge in [0.25, 0.3) is 0 Å². The summed E-state index contributed by atoms with van der Waals surface area (Å²) in [4.78, 5) is 23.9. The van der Waals surface area contributed by atoms with Gasteiger partial charge in [0.2, 0.25) is 0 Å². The summed E-state index contributed by atoms with van der Waals surface area (Å²) in [6.07, 6.45) is 1.36. The second kappa shape index (κ2) is 7.94. The van der Waals surface area contributed by atoms with E-state index >= 15 is 0 Å². The minimum absolute atomic E-state index is 0.150. The van der Waals surface area contributed by atoms with Crippen LogP contribution in [0.3, 0.4) is 0 Å². The van der Waals surface area contributed by atoms with E-state index in [1.54, 1.807) is 35.7 Å². The second-order valence-electron chi connectivity index (χ2n) is 4.44. The Morgan fingerprint density at radius 2 is 2.00 bits per heavy atom. The largest absolute Gasteiger partial charge is 0.493 e. The molecule has 0 fully saturated rings. The van der Waals surface area contributed by atoms with Gasteiger partial charge >= 0.3 is 11.9 Å². The molecule has 1 aromatic heterocycles. The van der Waals surface area contributed by atoms with Crippen LogP contribution in [-0.4, -0.2) is 26.2 Å². The number of thiophene rings is 1. The Labute approximate surface area is 142 Å². The summed E-state index contributed by atoms with van der Waals surface area (Å²) in [6.45, 7) is 0. The molecular formula is C17H13NO5S. The normalized spacial score (nSPS) is 10.6. The molecule has 2 aromatic rings. The number of hydrogen-bond acceptors (Lipinski definition) is 7. The van der Waals surface area contributed by atoms with Crippen LogP contribution < -0.4 is 9.47 Å². The number of ether oxygens (including phenoxy) is 3. The zero-order valence-electron chi connectivity index (χ0n) is 12.9. The van der Waals surface area contributed by atoms with Crippen LogP contribution in [0.15, 0.2) is 41.3 Å². The first-order chi connectivity index (χ1) is 11.6. The van der Waals surface area contributed by atoms with Crippen molar-refractivity contribution in [2.75, 3.05) is 14.2 Å². The van der Waals surface area contributed by atoms with E-state index in [4.69, 9.17) is 14.7 Å². The van der Waals surface area contributed by atoms with Gasteiger partial charge in [-0.05, 0) is 35.2 Å². The molecule has 24 heavy (non-hydrogen) atoms. The molecular weight excluding hydrogens is 330 g/mol. The van der Waals surface area contributed by atoms with Gasteiger partial charge in [0, 0.05) is 0 Å². The van der Waals surface area contributed by atoms with E-state index in [0.29, 0.717) is 16.2 Å². The first-order valence-electron chi connectivity index (χ1n) is 6.73. The molecule has 0 unspecified atom stereocenters. The maximum absolute atomic E-state index is 12.0. The molecule has 1 heterocycles. The first-order valence-corrected chi connectivity index (χ1v) is 7.61. The number of methoxy groups -OCH3 is 2. The number of nitriles is 1. The van der Waals surface area contributed by atoms with E-state index < -0.39 is 11.9 Å². The Kier molecular flexibility index (Phi) is 5.71. The predicted molar refractivity (Wildman–Crippen MR) is 87.9 cm³/mol. The van der Waals surface area contributed by atoms with Gasteiger partial charge in [0.05, 0.1) is 14.2 Å². The Bertz CT molecular complexity index is 818.